The minimum atomic E-state index is -3.46. The molecule has 6 nitrogen and oxygen atoms in total. The summed E-state index contributed by atoms with van der Waals surface area (Å²) < 4.78 is 26.7. The van der Waals surface area contributed by atoms with E-state index in [0.717, 1.165) is 19.4 Å². The monoisotopic (exact) mass is 361 g/mol. The van der Waals surface area contributed by atoms with Crippen LogP contribution >= 0.6 is 12.4 Å². The van der Waals surface area contributed by atoms with E-state index in [1.807, 2.05) is 13.8 Å². The van der Waals surface area contributed by atoms with Crippen LogP contribution < -0.4 is 15.4 Å². The zero-order valence-corrected chi connectivity index (χ0v) is 15.0. The van der Waals surface area contributed by atoms with Gasteiger partial charge < -0.3 is 10.6 Å². The molecule has 0 spiro atoms. The number of likely N-dealkylation sites (N-methyl/N-ethyl adjacent to an activating group) is 1. The second kappa shape index (κ2) is 8.63. The minimum absolute atomic E-state index is 0. The number of carbonyl (C=O) groups excluding carboxylic acids is 1. The molecule has 0 radical (unpaired) electrons. The average Bonchev–Trinajstić information content (AvgIpc) is 3.28. The number of nitrogens with one attached hydrogen (secondary N) is 3. The van der Waals surface area contributed by atoms with Crippen LogP contribution in [0.4, 0.5) is 0 Å². The van der Waals surface area contributed by atoms with E-state index in [4.69, 9.17) is 0 Å². The van der Waals surface area contributed by atoms with E-state index in [9.17, 15) is 13.2 Å². The SMILES string of the molecule is CCN[C@H](C)CNC(=O)c1ccc(S(=O)(=O)NC2CC2)cc1.Cl. The van der Waals surface area contributed by atoms with Crippen LogP contribution in [0.1, 0.15) is 37.0 Å². The van der Waals surface area contributed by atoms with E-state index in [2.05, 4.69) is 15.4 Å². The molecule has 0 bridgehead atoms. The van der Waals surface area contributed by atoms with Crippen LogP contribution in [0.5, 0.6) is 0 Å². The molecule has 1 atom stereocenters. The molecule has 0 heterocycles. The number of hydrogen-bond acceptors (Lipinski definition) is 4. The van der Waals surface area contributed by atoms with Crippen molar-refractivity contribution in [3.8, 4) is 0 Å². The van der Waals surface area contributed by atoms with Crippen molar-refractivity contribution in [1.82, 2.24) is 15.4 Å². The Morgan fingerprint density at radius 1 is 1.26 bits per heavy atom. The van der Waals surface area contributed by atoms with Crippen molar-refractivity contribution in [3.63, 3.8) is 0 Å². The van der Waals surface area contributed by atoms with Crippen LogP contribution in [-0.2, 0) is 10.0 Å². The Balaban J connectivity index is 0.00000264. The normalized spacial score (nSPS) is 15.6. The fourth-order valence-corrected chi connectivity index (χ4v) is 3.35. The molecular weight excluding hydrogens is 338 g/mol. The number of amides is 1. The molecule has 2 rings (SSSR count). The number of hydrogen-bond donors (Lipinski definition) is 3. The van der Waals surface area contributed by atoms with Crippen LogP contribution in [-0.4, -0.2) is 39.5 Å². The molecular formula is C15H24ClN3O3S. The van der Waals surface area contributed by atoms with E-state index in [1.165, 1.54) is 24.3 Å². The molecule has 1 amide bonds. The predicted octanol–water partition coefficient (Wildman–Crippen LogP) is 1.28. The molecule has 0 aromatic heterocycles. The first-order valence-corrected chi connectivity index (χ1v) is 9.04. The molecule has 1 aliphatic carbocycles. The summed E-state index contributed by atoms with van der Waals surface area (Å²) in [4.78, 5) is 12.2. The summed E-state index contributed by atoms with van der Waals surface area (Å²) in [6, 6.07) is 6.27. The number of benzene rings is 1. The second-order valence-electron chi connectivity index (χ2n) is 5.59. The fraction of sp³-hybridized carbons (Fsp3) is 0.533. The first-order valence-electron chi connectivity index (χ1n) is 7.56. The van der Waals surface area contributed by atoms with E-state index in [1.54, 1.807) is 0 Å². The Morgan fingerprint density at radius 2 is 1.87 bits per heavy atom. The predicted molar refractivity (Wildman–Crippen MR) is 92.5 cm³/mol. The van der Waals surface area contributed by atoms with Crippen molar-refractivity contribution >= 4 is 28.3 Å². The van der Waals surface area contributed by atoms with E-state index in [-0.39, 0.29) is 35.3 Å². The molecule has 1 saturated carbocycles. The molecule has 1 fully saturated rings. The smallest absolute Gasteiger partial charge is 0.251 e. The zero-order chi connectivity index (χ0) is 16.2. The van der Waals surface area contributed by atoms with Crippen molar-refractivity contribution in [2.24, 2.45) is 0 Å². The van der Waals surface area contributed by atoms with Gasteiger partial charge in [-0.05, 0) is 50.6 Å². The van der Waals surface area contributed by atoms with Gasteiger partial charge in [0.1, 0.15) is 0 Å². The summed E-state index contributed by atoms with van der Waals surface area (Å²) in [5.74, 6) is -0.205. The average molecular weight is 362 g/mol. The fourth-order valence-electron chi connectivity index (χ4n) is 2.04. The Kier molecular flexibility index (Phi) is 7.47. The topological polar surface area (TPSA) is 87.3 Å². The summed E-state index contributed by atoms with van der Waals surface area (Å²) in [6.45, 7) is 5.36. The number of carbonyl (C=O) groups is 1. The van der Waals surface area contributed by atoms with Crippen molar-refractivity contribution in [2.45, 2.75) is 43.7 Å². The maximum absolute atomic E-state index is 12.0. The maximum Gasteiger partial charge on any atom is 0.251 e. The quantitative estimate of drug-likeness (QED) is 0.651. The van der Waals surface area contributed by atoms with E-state index < -0.39 is 10.0 Å². The van der Waals surface area contributed by atoms with Gasteiger partial charge >= 0.3 is 0 Å². The summed E-state index contributed by atoms with van der Waals surface area (Å²) in [5.41, 5.74) is 0.453. The van der Waals surface area contributed by atoms with Gasteiger partial charge in [0.05, 0.1) is 4.90 Å². The standard InChI is InChI=1S/C15H23N3O3S.ClH/c1-3-16-11(2)10-17-15(19)12-4-8-14(9-5-12)22(20,21)18-13-6-7-13;/h4-5,8-9,11,13,16,18H,3,6-7,10H2,1-2H3,(H,17,19);1H/t11-;/m1./s1. The van der Waals surface area contributed by atoms with Crippen LogP contribution in [0.15, 0.2) is 29.2 Å². The molecule has 1 aromatic carbocycles. The molecule has 130 valence electrons. The number of rotatable bonds is 8. The van der Waals surface area contributed by atoms with Crippen LogP contribution in [0, 0.1) is 0 Å². The van der Waals surface area contributed by atoms with Gasteiger partial charge in [-0.2, -0.15) is 0 Å². The van der Waals surface area contributed by atoms with Crippen molar-refractivity contribution < 1.29 is 13.2 Å². The lowest BCUT2D eigenvalue weighted by Crippen LogP contribution is -2.38. The molecule has 1 aliphatic rings. The van der Waals surface area contributed by atoms with Gasteiger partial charge in [-0.3, -0.25) is 4.79 Å². The van der Waals surface area contributed by atoms with Crippen LogP contribution in [0.25, 0.3) is 0 Å². The molecule has 23 heavy (non-hydrogen) atoms. The third-order valence-electron chi connectivity index (χ3n) is 3.45. The van der Waals surface area contributed by atoms with Crippen LogP contribution in [0.2, 0.25) is 0 Å². The minimum Gasteiger partial charge on any atom is -0.350 e. The molecule has 1 aromatic rings. The van der Waals surface area contributed by atoms with Gasteiger partial charge in [-0.15, -0.1) is 12.4 Å². The summed E-state index contributed by atoms with van der Waals surface area (Å²) in [7, 11) is -3.46. The van der Waals surface area contributed by atoms with Gasteiger partial charge in [-0.1, -0.05) is 6.92 Å². The second-order valence-corrected chi connectivity index (χ2v) is 7.30. The Morgan fingerprint density at radius 3 is 2.39 bits per heavy atom. The lowest BCUT2D eigenvalue weighted by atomic mass is 10.2. The third-order valence-corrected chi connectivity index (χ3v) is 4.98. The van der Waals surface area contributed by atoms with E-state index >= 15 is 0 Å². The molecule has 0 aliphatic heterocycles. The highest BCUT2D eigenvalue weighted by Crippen LogP contribution is 2.22. The summed E-state index contributed by atoms with van der Waals surface area (Å²) in [6.07, 6.45) is 1.79. The first-order chi connectivity index (χ1) is 10.4. The molecule has 3 N–H and O–H groups in total. The highest BCUT2D eigenvalue weighted by Gasteiger charge is 2.27. The molecule has 8 heteroatoms. The van der Waals surface area contributed by atoms with Crippen molar-refractivity contribution in [1.29, 1.82) is 0 Å². The first kappa shape index (κ1) is 19.9. The highest BCUT2D eigenvalue weighted by atomic mass is 35.5. The number of sulfonamides is 1. The summed E-state index contributed by atoms with van der Waals surface area (Å²) >= 11 is 0. The van der Waals surface area contributed by atoms with Gasteiger partial charge in [0.25, 0.3) is 5.91 Å². The largest absolute Gasteiger partial charge is 0.350 e. The lowest BCUT2D eigenvalue weighted by Gasteiger charge is -2.13. The lowest BCUT2D eigenvalue weighted by molar-refractivity contribution is 0.0950. The molecule has 0 unspecified atom stereocenters. The zero-order valence-electron chi connectivity index (χ0n) is 13.3. The van der Waals surface area contributed by atoms with Crippen molar-refractivity contribution in [2.75, 3.05) is 13.1 Å². The van der Waals surface area contributed by atoms with Crippen molar-refractivity contribution in [3.05, 3.63) is 29.8 Å². The highest BCUT2D eigenvalue weighted by molar-refractivity contribution is 7.89. The Labute approximate surface area is 143 Å². The Bertz CT molecular complexity index is 615. The molecule has 0 saturated heterocycles. The van der Waals surface area contributed by atoms with Crippen LogP contribution in [0.3, 0.4) is 0 Å². The maximum atomic E-state index is 12.0. The summed E-state index contributed by atoms with van der Waals surface area (Å²) in [5, 5.41) is 6.02. The van der Waals surface area contributed by atoms with Gasteiger partial charge in [0, 0.05) is 24.2 Å². The van der Waals surface area contributed by atoms with Gasteiger partial charge in [0.2, 0.25) is 10.0 Å². The van der Waals surface area contributed by atoms with E-state index in [0.29, 0.717) is 12.1 Å². The van der Waals surface area contributed by atoms with Gasteiger partial charge in [-0.25, -0.2) is 13.1 Å². The van der Waals surface area contributed by atoms with Gasteiger partial charge in [0.15, 0.2) is 0 Å². The third kappa shape index (κ3) is 6.10. The Hall–Kier alpha value is -1.15. The number of halogens is 1.